The highest BCUT2D eigenvalue weighted by molar-refractivity contribution is 5.92. The van der Waals surface area contributed by atoms with Crippen molar-refractivity contribution in [2.24, 2.45) is 0 Å². The fourth-order valence-corrected chi connectivity index (χ4v) is 1.51. The van der Waals surface area contributed by atoms with Gasteiger partial charge in [-0.25, -0.2) is 0 Å². The second-order valence-electron chi connectivity index (χ2n) is 4.15. The minimum Gasteiger partial charge on any atom is -0.466 e. The lowest BCUT2D eigenvalue weighted by Crippen LogP contribution is -2.38. The molecule has 94 valence electrons. The molecule has 0 bridgehead atoms. The van der Waals surface area contributed by atoms with Crippen LogP contribution in [0.4, 0.5) is 0 Å². The van der Waals surface area contributed by atoms with E-state index in [0.29, 0.717) is 11.5 Å². The van der Waals surface area contributed by atoms with Gasteiger partial charge in [0.2, 0.25) is 0 Å². The summed E-state index contributed by atoms with van der Waals surface area (Å²) in [7, 11) is 0. The molecule has 0 spiro atoms. The van der Waals surface area contributed by atoms with Crippen molar-refractivity contribution in [3.8, 4) is 0 Å². The monoisotopic (exact) mass is 246 g/mol. The quantitative estimate of drug-likeness (QED) is 0.853. The van der Waals surface area contributed by atoms with Crippen LogP contribution in [0.15, 0.2) is 47.2 Å². The highest BCUT2D eigenvalue weighted by atomic mass is 16.4. The summed E-state index contributed by atoms with van der Waals surface area (Å²) in [5, 5.41) is 12.8. The molecule has 0 aliphatic carbocycles. The number of pyridine rings is 1. The maximum atomic E-state index is 11.7. The number of rotatable bonds is 4. The molecule has 1 amide bonds. The number of nitrogens with zero attached hydrogens (tertiary/aromatic N) is 1. The Bertz CT molecular complexity index is 506. The van der Waals surface area contributed by atoms with Crippen LogP contribution in [0, 0.1) is 0 Å². The van der Waals surface area contributed by atoms with Crippen LogP contribution in [-0.2, 0) is 5.60 Å². The average molecular weight is 246 g/mol. The molecule has 0 fully saturated rings. The number of amides is 1. The van der Waals surface area contributed by atoms with Gasteiger partial charge in [0, 0.05) is 6.20 Å². The fraction of sp³-hybridized carbons (Fsp3) is 0.231. The van der Waals surface area contributed by atoms with E-state index >= 15 is 0 Å². The second kappa shape index (κ2) is 5.01. The summed E-state index contributed by atoms with van der Waals surface area (Å²) in [5.74, 6) is 0.0752. The third-order valence-electron chi connectivity index (χ3n) is 2.54. The Morgan fingerprint density at radius 3 is 2.89 bits per heavy atom. The molecule has 0 saturated carbocycles. The Morgan fingerprint density at radius 1 is 1.44 bits per heavy atom. The summed E-state index contributed by atoms with van der Waals surface area (Å²) in [4.78, 5) is 15.7. The van der Waals surface area contributed by atoms with Crippen molar-refractivity contribution >= 4 is 5.91 Å². The van der Waals surface area contributed by atoms with Gasteiger partial charge in [-0.05, 0) is 31.2 Å². The van der Waals surface area contributed by atoms with Gasteiger partial charge in [-0.15, -0.1) is 0 Å². The molecule has 0 radical (unpaired) electrons. The summed E-state index contributed by atoms with van der Waals surface area (Å²) in [5.41, 5.74) is -0.929. The van der Waals surface area contributed by atoms with Crippen molar-refractivity contribution in [3.05, 3.63) is 54.2 Å². The van der Waals surface area contributed by atoms with E-state index in [1.807, 2.05) is 0 Å². The molecular formula is C13H14N2O3. The Morgan fingerprint density at radius 2 is 2.28 bits per heavy atom. The molecule has 2 heterocycles. The van der Waals surface area contributed by atoms with Crippen molar-refractivity contribution in [2.75, 3.05) is 6.54 Å². The van der Waals surface area contributed by atoms with Crippen LogP contribution in [0.2, 0.25) is 0 Å². The molecule has 18 heavy (non-hydrogen) atoms. The topological polar surface area (TPSA) is 75.4 Å². The molecule has 2 rings (SSSR count). The summed E-state index contributed by atoms with van der Waals surface area (Å²) in [6.45, 7) is 1.63. The van der Waals surface area contributed by atoms with E-state index in [-0.39, 0.29) is 12.5 Å². The SMILES string of the molecule is C[C@](O)(CNC(=O)c1ccccn1)c1ccco1. The summed E-state index contributed by atoms with van der Waals surface area (Å²) in [6, 6.07) is 8.41. The minimum atomic E-state index is -1.24. The number of furan rings is 1. The summed E-state index contributed by atoms with van der Waals surface area (Å²) < 4.78 is 5.12. The lowest BCUT2D eigenvalue weighted by Gasteiger charge is -2.20. The van der Waals surface area contributed by atoms with Gasteiger partial charge in [0.25, 0.3) is 5.91 Å². The first-order valence-corrected chi connectivity index (χ1v) is 5.55. The van der Waals surface area contributed by atoms with Gasteiger partial charge >= 0.3 is 0 Å². The van der Waals surface area contributed by atoms with Crippen molar-refractivity contribution in [3.63, 3.8) is 0 Å². The largest absolute Gasteiger partial charge is 0.466 e. The van der Waals surface area contributed by atoms with Crippen LogP contribution >= 0.6 is 0 Å². The van der Waals surface area contributed by atoms with Gasteiger partial charge in [-0.2, -0.15) is 0 Å². The molecule has 2 aromatic rings. The van der Waals surface area contributed by atoms with E-state index in [4.69, 9.17) is 4.42 Å². The molecule has 0 unspecified atom stereocenters. The Kier molecular flexibility index (Phi) is 3.43. The Balaban J connectivity index is 1.98. The second-order valence-corrected chi connectivity index (χ2v) is 4.15. The van der Waals surface area contributed by atoms with Gasteiger partial charge in [0.05, 0.1) is 12.8 Å². The van der Waals surface area contributed by atoms with Gasteiger partial charge in [0.1, 0.15) is 17.1 Å². The smallest absolute Gasteiger partial charge is 0.269 e. The minimum absolute atomic E-state index is 0.0515. The molecule has 5 heteroatoms. The highest BCUT2D eigenvalue weighted by Crippen LogP contribution is 2.19. The standard InChI is InChI=1S/C13H14N2O3/c1-13(17,11-6-4-8-18-11)9-15-12(16)10-5-2-3-7-14-10/h2-8,17H,9H2,1H3,(H,15,16)/t13-/m0/s1. The van der Waals surface area contributed by atoms with Crippen molar-refractivity contribution < 1.29 is 14.3 Å². The van der Waals surface area contributed by atoms with Gasteiger partial charge < -0.3 is 14.8 Å². The Labute approximate surface area is 104 Å². The molecule has 5 nitrogen and oxygen atoms in total. The number of aromatic nitrogens is 1. The molecule has 0 aliphatic rings. The summed E-state index contributed by atoms with van der Waals surface area (Å²) in [6.07, 6.45) is 3.02. The molecule has 1 atom stereocenters. The van der Waals surface area contributed by atoms with E-state index in [1.165, 1.54) is 6.26 Å². The van der Waals surface area contributed by atoms with E-state index in [9.17, 15) is 9.90 Å². The van der Waals surface area contributed by atoms with Crippen molar-refractivity contribution in [1.82, 2.24) is 10.3 Å². The Hall–Kier alpha value is -2.14. The van der Waals surface area contributed by atoms with Crippen LogP contribution in [0.25, 0.3) is 0 Å². The van der Waals surface area contributed by atoms with Gasteiger partial charge in [-0.3, -0.25) is 9.78 Å². The number of carbonyl (C=O) groups excluding carboxylic acids is 1. The summed E-state index contributed by atoms with van der Waals surface area (Å²) >= 11 is 0. The predicted molar refractivity (Wildman–Crippen MR) is 64.8 cm³/mol. The molecule has 0 aliphatic heterocycles. The molecule has 2 N–H and O–H groups in total. The zero-order valence-corrected chi connectivity index (χ0v) is 9.96. The van der Waals surface area contributed by atoms with E-state index in [1.54, 1.807) is 43.5 Å². The normalized spacial score (nSPS) is 13.9. The number of hydrogen-bond acceptors (Lipinski definition) is 4. The van der Waals surface area contributed by atoms with Gasteiger partial charge in [0.15, 0.2) is 0 Å². The lowest BCUT2D eigenvalue weighted by molar-refractivity contribution is 0.0329. The van der Waals surface area contributed by atoms with E-state index in [2.05, 4.69) is 10.3 Å². The fourth-order valence-electron chi connectivity index (χ4n) is 1.51. The lowest BCUT2D eigenvalue weighted by atomic mass is 10.0. The van der Waals surface area contributed by atoms with Gasteiger partial charge in [-0.1, -0.05) is 6.07 Å². The zero-order chi connectivity index (χ0) is 13.0. The first-order valence-electron chi connectivity index (χ1n) is 5.55. The van der Waals surface area contributed by atoms with Crippen molar-refractivity contribution in [1.29, 1.82) is 0 Å². The van der Waals surface area contributed by atoms with Crippen LogP contribution in [-0.4, -0.2) is 22.5 Å². The molecule has 2 aromatic heterocycles. The van der Waals surface area contributed by atoms with Crippen LogP contribution in [0.3, 0.4) is 0 Å². The van der Waals surface area contributed by atoms with Crippen LogP contribution < -0.4 is 5.32 Å². The highest BCUT2D eigenvalue weighted by Gasteiger charge is 2.27. The molecule has 0 aromatic carbocycles. The first-order chi connectivity index (χ1) is 8.59. The third kappa shape index (κ3) is 2.75. The molecule has 0 saturated heterocycles. The van der Waals surface area contributed by atoms with Crippen LogP contribution in [0.5, 0.6) is 0 Å². The predicted octanol–water partition coefficient (Wildman–Crippen LogP) is 1.31. The van der Waals surface area contributed by atoms with E-state index in [0.717, 1.165) is 0 Å². The molecular weight excluding hydrogens is 232 g/mol. The zero-order valence-electron chi connectivity index (χ0n) is 9.96. The number of nitrogens with one attached hydrogen (secondary N) is 1. The number of aliphatic hydroxyl groups is 1. The third-order valence-corrected chi connectivity index (χ3v) is 2.54. The number of hydrogen-bond donors (Lipinski definition) is 2. The van der Waals surface area contributed by atoms with Crippen LogP contribution in [0.1, 0.15) is 23.2 Å². The number of carbonyl (C=O) groups is 1. The average Bonchev–Trinajstić information content (AvgIpc) is 2.92. The maximum absolute atomic E-state index is 11.7. The van der Waals surface area contributed by atoms with E-state index < -0.39 is 5.60 Å². The first kappa shape index (κ1) is 12.3. The van der Waals surface area contributed by atoms with Crippen molar-refractivity contribution in [2.45, 2.75) is 12.5 Å². The maximum Gasteiger partial charge on any atom is 0.269 e.